The molecule has 0 unspecified atom stereocenters. The maximum absolute atomic E-state index is 4.63. The molecular weight excluding hydrogens is 413 g/mol. The average Bonchev–Trinajstić information content (AvgIpc) is 2.53. The number of rotatable bonds is 4. The van der Waals surface area contributed by atoms with Crippen LogP contribution < -0.4 is 15.5 Å². The van der Waals surface area contributed by atoms with Crippen molar-refractivity contribution < 1.29 is 0 Å². The van der Waals surface area contributed by atoms with Crippen LogP contribution in [0.3, 0.4) is 0 Å². The molecular formula is C18H32IN5. The number of nitrogens with one attached hydrogen (secondary N) is 2. The van der Waals surface area contributed by atoms with Crippen molar-refractivity contribution in [3.8, 4) is 0 Å². The standard InChI is InChI=1S/C18H31N5.HI/c1-18(2)11-9-14(10-12-18)22-17(19-3)20-13-15-7-6-8-16(21-15)23(4)5;/h6-8,14H,9-13H2,1-5H3,(H2,19,20,22);1H. The fraction of sp³-hybridized carbons (Fsp3) is 0.667. The molecule has 0 amide bonds. The van der Waals surface area contributed by atoms with Crippen LogP contribution in [0.2, 0.25) is 0 Å². The number of hydrogen-bond donors (Lipinski definition) is 2. The molecule has 136 valence electrons. The Labute approximate surface area is 163 Å². The van der Waals surface area contributed by atoms with Gasteiger partial charge in [-0.05, 0) is 43.2 Å². The quantitative estimate of drug-likeness (QED) is 0.424. The summed E-state index contributed by atoms with van der Waals surface area (Å²) in [5.41, 5.74) is 1.51. The van der Waals surface area contributed by atoms with Gasteiger partial charge in [-0.1, -0.05) is 19.9 Å². The molecule has 0 spiro atoms. The number of hydrogen-bond acceptors (Lipinski definition) is 3. The first-order valence-corrected chi connectivity index (χ1v) is 8.50. The van der Waals surface area contributed by atoms with Crippen molar-refractivity contribution in [1.29, 1.82) is 0 Å². The third-order valence-electron chi connectivity index (χ3n) is 4.59. The lowest BCUT2D eigenvalue weighted by molar-refractivity contribution is 0.216. The van der Waals surface area contributed by atoms with E-state index in [2.05, 4.69) is 34.5 Å². The lowest BCUT2D eigenvalue weighted by Gasteiger charge is -2.35. The van der Waals surface area contributed by atoms with E-state index < -0.39 is 0 Å². The third-order valence-corrected chi connectivity index (χ3v) is 4.59. The van der Waals surface area contributed by atoms with Gasteiger partial charge in [-0.3, -0.25) is 4.99 Å². The van der Waals surface area contributed by atoms with Gasteiger partial charge < -0.3 is 15.5 Å². The third kappa shape index (κ3) is 6.45. The van der Waals surface area contributed by atoms with E-state index in [1.165, 1.54) is 25.7 Å². The molecule has 1 aromatic rings. The Kier molecular flexibility index (Phi) is 8.26. The molecule has 2 rings (SSSR count). The van der Waals surface area contributed by atoms with Crippen molar-refractivity contribution in [3.63, 3.8) is 0 Å². The minimum atomic E-state index is 0. The molecule has 0 bridgehead atoms. The molecule has 1 heterocycles. The second kappa shape index (κ2) is 9.44. The Bertz CT molecular complexity index is 532. The summed E-state index contributed by atoms with van der Waals surface area (Å²) >= 11 is 0. The van der Waals surface area contributed by atoms with Gasteiger partial charge in [0.15, 0.2) is 5.96 Å². The van der Waals surface area contributed by atoms with Gasteiger partial charge in [0.1, 0.15) is 5.82 Å². The van der Waals surface area contributed by atoms with Crippen LogP contribution in [0.1, 0.15) is 45.2 Å². The Morgan fingerprint density at radius 1 is 1.29 bits per heavy atom. The first kappa shape index (κ1) is 21.0. The molecule has 1 aromatic heterocycles. The summed E-state index contributed by atoms with van der Waals surface area (Å²) in [6, 6.07) is 6.62. The van der Waals surface area contributed by atoms with Crippen molar-refractivity contribution in [2.75, 3.05) is 26.0 Å². The highest BCUT2D eigenvalue weighted by molar-refractivity contribution is 14.0. The minimum Gasteiger partial charge on any atom is -0.363 e. The number of halogens is 1. The molecule has 1 fully saturated rings. The number of aliphatic imine (C=N–C) groups is 1. The minimum absolute atomic E-state index is 0. The van der Waals surface area contributed by atoms with Crippen LogP contribution in [0.15, 0.2) is 23.2 Å². The Morgan fingerprint density at radius 2 is 1.96 bits per heavy atom. The predicted octanol–water partition coefficient (Wildman–Crippen LogP) is 3.40. The number of nitrogens with zero attached hydrogens (tertiary/aromatic N) is 3. The van der Waals surface area contributed by atoms with E-state index in [9.17, 15) is 0 Å². The molecule has 0 saturated heterocycles. The fourth-order valence-electron chi connectivity index (χ4n) is 2.92. The molecule has 0 radical (unpaired) electrons. The number of aromatic nitrogens is 1. The summed E-state index contributed by atoms with van der Waals surface area (Å²) in [4.78, 5) is 11.0. The number of pyridine rings is 1. The molecule has 2 N–H and O–H groups in total. The zero-order valence-electron chi connectivity index (χ0n) is 15.6. The largest absolute Gasteiger partial charge is 0.363 e. The van der Waals surface area contributed by atoms with Crippen molar-refractivity contribution in [2.45, 2.75) is 52.1 Å². The van der Waals surface area contributed by atoms with Gasteiger partial charge in [-0.25, -0.2) is 4.98 Å². The van der Waals surface area contributed by atoms with E-state index in [0.29, 0.717) is 18.0 Å². The molecule has 0 aliphatic heterocycles. The molecule has 1 saturated carbocycles. The van der Waals surface area contributed by atoms with Gasteiger partial charge in [0, 0.05) is 27.2 Å². The van der Waals surface area contributed by atoms with Gasteiger partial charge in [0.25, 0.3) is 0 Å². The number of guanidine groups is 1. The van der Waals surface area contributed by atoms with Gasteiger partial charge in [-0.2, -0.15) is 0 Å². The Morgan fingerprint density at radius 3 is 2.54 bits per heavy atom. The second-order valence-electron chi connectivity index (χ2n) is 7.39. The smallest absolute Gasteiger partial charge is 0.191 e. The summed E-state index contributed by atoms with van der Waals surface area (Å²) < 4.78 is 0. The average molecular weight is 445 g/mol. The van der Waals surface area contributed by atoms with E-state index in [1.54, 1.807) is 0 Å². The zero-order valence-corrected chi connectivity index (χ0v) is 17.9. The number of anilines is 1. The molecule has 24 heavy (non-hydrogen) atoms. The molecule has 1 aliphatic carbocycles. The maximum atomic E-state index is 4.63. The molecule has 0 aromatic carbocycles. The SMILES string of the molecule is CN=C(NCc1cccc(N(C)C)n1)NC1CCC(C)(C)CC1.I. The van der Waals surface area contributed by atoms with Gasteiger partial charge in [0.2, 0.25) is 0 Å². The van der Waals surface area contributed by atoms with Crippen molar-refractivity contribution in [3.05, 3.63) is 23.9 Å². The monoisotopic (exact) mass is 445 g/mol. The highest BCUT2D eigenvalue weighted by atomic mass is 127. The van der Waals surface area contributed by atoms with Crippen LogP contribution in [0.5, 0.6) is 0 Å². The van der Waals surface area contributed by atoms with Crippen LogP contribution in [0.4, 0.5) is 5.82 Å². The van der Waals surface area contributed by atoms with Crippen LogP contribution >= 0.6 is 24.0 Å². The Balaban J connectivity index is 0.00000288. The molecule has 5 nitrogen and oxygen atoms in total. The van der Waals surface area contributed by atoms with Gasteiger partial charge >= 0.3 is 0 Å². The van der Waals surface area contributed by atoms with E-state index in [-0.39, 0.29) is 24.0 Å². The van der Waals surface area contributed by atoms with E-state index in [4.69, 9.17) is 0 Å². The van der Waals surface area contributed by atoms with Gasteiger partial charge in [-0.15, -0.1) is 24.0 Å². The van der Waals surface area contributed by atoms with Crippen LogP contribution in [0.25, 0.3) is 0 Å². The lowest BCUT2D eigenvalue weighted by Crippen LogP contribution is -2.45. The van der Waals surface area contributed by atoms with Crippen LogP contribution in [-0.4, -0.2) is 38.1 Å². The molecule has 1 aliphatic rings. The van der Waals surface area contributed by atoms with Crippen LogP contribution in [-0.2, 0) is 6.54 Å². The Hall–Kier alpha value is -1.05. The normalized spacial score (nSPS) is 17.8. The summed E-state index contributed by atoms with van der Waals surface area (Å²) in [6.45, 7) is 5.40. The molecule has 6 heteroatoms. The summed E-state index contributed by atoms with van der Waals surface area (Å²) in [6.07, 6.45) is 4.96. The first-order valence-electron chi connectivity index (χ1n) is 8.50. The van der Waals surface area contributed by atoms with E-state index in [0.717, 1.165) is 17.5 Å². The van der Waals surface area contributed by atoms with Crippen molar-refractivity contribution >= 4 is 35.8 Å². The molecule has 0 atom stereocenters. The topological polar surface area (TPSA) is 52.6 Å². The second-order valence-corrected chi connectivity index (χ2v) is 7.39. The van der Waals surface area contributed by atoms with Crippen LogP contribution in [0, 0.1) is 5.41 Å². The van der Waals surface area contributed by atoms with E-state index in [1.807, 2.05) is 44.2 Å². The summed E-state index contributed by atoms with van der Waals surface area (Å²) in [5.74, 6) is 1.84. The van der Waals surface area contributed by atoms with Crippen molar-refractivity contribution in [2.24, 2.45) is 10.4 Å². The maximum Gasteiger partial charge on any atom is 0.191 e. The fourth-order valence-corrected chi connectivity index (χ4v) is 2.92. The summed E-state index contributed by atoms with van der Waals surface area (Å²) in [5, 5.41) is 6.93. The lowest BCUT2D eigenvalue weighted by atomic mass is 9.75. The van der Waals surface area contributed by atoms with Crippen molar-refractivity contribution in [1.82, 2.24) is 15.6 Å². The first-order chi connectivity index (χ1) is 10.9. The summed E-state index contributed by atoms with van der Waals surface area (Å²) in [7, 11) is 5.83. The highest BCUT2D eigenvalue weighted by Gasteiger charge is 2.27. The highest BCUT2D eigenvalue weighted by Crippen LogP contribution is 2.34. The van der Waals surface area contributed by atoms with E-state index >= 15 is 0 Å². The van der Waals surface area contributed by atoms with Gasteiger partial charge in [0.05, 0.1) is 12.2 Å². The zero-order chi connectivity index (χ0) is 16.9. The predicted molar refractivity (Wildman–Crippen MR) is 113 cm³/mol.